The second-order valence-corrected chi connectivity index (χ2v) is 9.00. The first-order chi connectivity index (χ1) is 11.5. The third kappa shape index (κ3) is 1.76. The molecule has 0 aliphatic heterocycles. The Morgan fingerprint density at radius 2 is 1.84 bits per heavy atom. The SMILES string of the molecule is CC1=CC2=C(CC(CO)=CC3C4C(C)(C)C4(O)C(O)C(C)C23O)C1O. The summed E-state index contributed by atoms with van der Waals surface area (Å²) in [5.74, 6) is -1.33. The maximum Gasteiger partial charge on any atom is 0.101 e. The highest BCUT2D eigenvalue weighted by molar-refractivity contribution is 5.54. The molecule has 5 N–H and O–H groups in total. The van der Waals surface area contributed by atoms with Gasteiger partial charge in [-0.15, -0.1) is 0 Å². The summed E-state index contributed by atoms with van der Waals surface area (Å²) in [6.45, 7) is 7.25. The molecule has 138 valence electrons. The maximum atomic E-state index is 11.9. The molecule has 4 aliphatic rings. The summed E-state index contributed by atoms with van der Waals surface area (Å²) in [5.41, 5.74) is -0.313. The summed E-state index contributed by atoms with van der Waals surface area (Å²) < 4.78 is 0. The first-order valence-electron chi connectivity index (χ1n) is 9.05. The van der Waals surface area contributed by atoms with Crippen LogP contribution in [0.4, 0.5) is 0 Å². The van der Waals surface area contributed by atoms with Crippen molar-refractivity contribution in [1.82, 2.24) is 0 Å². The summed E-state index contributed by atoms with van der Waals surface area (Å²) >= 11 is 0. The molecule has 2 fully saturated rings. The van der Waals surface area contributed by atoms with E-state index in [1.165, 1.54) is 0 Å². The minimum absolute atomic E-state index is 0.155. The first-order valence-corrected chi connectivity index (χ1v) is 9.05. The molecule has 4 rings (SSSR count). The maximum absolute atomic E-state index is 11.9. The molecule has 25 heavy (non-hydrogen) atoms. The van der Waals surface area contributed by atoms with Crippen LogP contribution in [0, 0.1) is 23.2 Å². The quantitative estimate of drug-likeness (QED) is 0.449. The lowest BCUT2D eigenvalue weighted by Gasteiger charge is -2.48. The summed E-state index contributed by atoms with van der Waals surface area (Å²) in [4.78, 5) is 0. The Morgan fingerprint density at radius 1 is 1.20 bits per heavy atom. The highest BCUT2D eigenvalue weighted by Crippen LogP contribution is 2.74. The molecule has 4 aliphatic carbocycles. The van der Waals surface area contributed by atoms with Crippen molar-refractivity contribution >= 4 is 0 Å². The summed E-state index contributed by atoms with van der Waals surface area (Å²) in [6, 6.07) is 0. The van der Waals surface area contributed by atoms with Crippen molar-refractivity contribution in [2.24, 2.45) is 23.2 Å². The molecule has 2 saturated carbocycles. The molecule has 0 heterocycles. The Labute approximate surface area is 148 Å². The largest absolute Gasteiger partial charge is 0.392 e. The molecule has 0 aromatic carbocycles. The van der Waals surface area contributed by atoms with Crippen molar-refractivity contribution in [3.8, 4) is 0 Å². The fourth-order valence-corrected chi connectivity index (χ4v) is 5.98. The van der Waals surface area contributed by atoms with Gasteiger partial charge in [0.15, 0.2) is 0 Å². The molecule has 0 aromatic heterocycles. The van der Waals surface area contributed by atoms with Gasteiger partial charge in [0, 0.05) is 23.2 Å². The number of aliphatic hydroxyl groups is 5. The number of hydrogen-bond acceptors (Lipinski definition) is 5. The molecular weight excluding hydrogens is 320 g/mol. The monoisotopic (exact) mass is 348 g/mol. The fraction of sp³-hybridized carbons (Fsp3) is 0.700. The molecule has 0 aromatic rings. The van der Waals surface area contributed by atoms with Gasteiger partial charge in [0.2, 0.25) is 0 Å². The van der Waals surface area contributed by atoms with E-state index in [1.807, 2.05) is 32.9 Å². The molecule has 7 unspecified atom stereocenters. The smallest absolute Gasteiger partial charge is 0.101 e. The van der Waals surface area contributed by atoms with Crippen molar-refractivity contribution in [3.05, 3.63) is 34.4 Å². The van der Waals surface area contributed by atoms with Crippen molar-refractivity contribution in [2.75, 3.05) is 6.61 Å². The first kappa shape index (κ1) is 17.4. The van der Waals surface area contributed by atoms with Gasteiger partial charge in [-0.05, 0) is 35.6 Å². The average Bonchev–Trinajstić information content (AvgIpc) is 2.92. The van der Waals surface area contributed by atoms with E-state index in [2.05, 4.69) is 0 Å². The van der Waals surface area contributed by atoms with Crippen LogP contribution < -0.4 is 0 Å². The molecular formula is C20H28O5. The standard InChI is InChI=1S/C20H28O5/c1-9-5-13-12(15(9)22)6-11(8-21)7-14-16-18(3,4)20(16,25)17(23)10(2)19(13,14)24/h5,7,10,14-17,21-25H,6,8H2,1-4H3. The van der Waals surface area contributed by atoms with Crippen LogP contribution >= 0.6 is 0 Å². The Balaban J connectivity index is 1.96. The predicted molar refractivity (Wildman–Crippen MR) is 92.4 cm³/mol. The zero-order valence-electron chi connectivity index (χ0n) is 15.2. The van der Waals surface area contributed by atoms with Crippen LogP contribution in [-0.2, 0) is 0 Å². The molecule has 5 nitrogen and oxygen atoms in total. The van der Waals surface area contributed by atoms with Crippen LogP contribution in [0.1, 0.15) is 34.1 Å². The van der Waals surface area contributed by atoms with E-state index in [0.29, 0.717) is 17.6 Å². The summed E-state index contributed by atoms with van der Waals surface area (Å²) in [7, 11) is 0. The summed E-state index contributed by atoms with van der Waals surface area (Å²) in [5, 5.41) is 54.2. The van der Waals surface area contributed by atoms with Crippen LogP contribution in [0.25, 0.3) is 0 Å². The van der Waals surface area contributed by atoms with Gasteiger partial charge in [0.05, 0.1) is 18.8 Å². The Morgan fingerprint density at radius 3 is 2.44 bits per heavy atom. The molecule has 5 heteroatoms. The average molecular weight is 348 g/mol. The summed E-state index contributed by atoms with van der Waals surface area (Å²) in [6.07, 6.45) is 2.27. The number of rotatable bonds is 1. The molecule has 0 saturated heterocycles. The van der Waals surface area contributed by atoms with Gasteiger partial charge in [-0.1, -0.05) is 32.9 Å². The second kappa shape index (κ2) is 4.84. The zero-order valence-corrected chi connectivity index (χ0v) is 15.2. The number of hydrogen-bond donors (Lipinski definition) is 5. The van der Waals surface area contributed by atoms with E-state index in [1.54, 1.807) is 6.92 Å². The molecule has 0 bridgehead atoms. The van der Waals surface area contributed by atoms with E-state index in [0.717, 1.165) is 11.1 Å². The van der Waals surface area contributed by atoms with Crippen LogP contribution in [0.15, 0.2) is 34.4 Å². The predicted octanol–water partition coefficient (Wildman–Crippen LogP) is 0.671. The van der Waals surface area contributed by atoms with E-state index >= 15 is 0 Å². The van der Waals surface area contributed by atoms with Crippen LogP contribution in [-0.4, -0.2) is 55.5 Å². The highest BCUT2D eigenvalue weighted by atomic mass is 16.4. The Bertz CT molecular complexity index is 732. The van der Waals surface area contributed by atoms with Gasteiger partial charge in [-0.3, -0.25) is 0 Å². The lowest BCUT2D eigenvalue weighted by atomic mass is 9.63. The highest BCUT2D eigenvalue weighted by Gasteiger charge is 2.82. The molecule has 0 amide bonds. The normalized spacial score (nSPS) is 50.4. The van der Waals surface area contributed by atoms with E-state index in [4.69, 9.17) is 0 Å². The molecule has 7 atom stereocenters. The minimum atomic E-state index is -1.38. The topological polar surface area (TPSA) is 101 Å². The second-order valence-electron chi connectivity index (χ2n) is 9.00. The van der Waals surface area contributed by atoms with Crippen molar-refractivity contribution < 1.29 is 25.5 Å². The third-order valence-electron chi connectivity index (χ3n) is 7.63. The lowest BCUT2D eigenvalue weighted by molar-refractivity contribution is -0.154. The van der Waals surface area contributed by atoms with Gasteiger partial charge in [-0.25, -0.2) is 0 Å². The Hall–Kier alpha value is -0.980. The van der Waals surface area contributed by atoms with Crippen LogP contribution in [0.2, 0.25) is 0 Å². The molecule has 0 radical (unpaired) electrons. The van der Waals surface area contributed by atoms with Crippen LogP contribution in [0.3, 0.4) is 0 Å². The third-order valence-corrected chi connectivity index (χ3v) is 7.63. The lowest BCUT2D eigenvalue weighted by Crippen LogP contribution is -2.59. The van der Waals surface area contributed by atoms with E-state index < -0.39 is 40.7 Å². The van der Waals surface area contributed by atoms with Gasteiger partial charge >= 0.3 is 0 Å². The van der Waals surface area contributed by atoms with Crippen molar-refractivity contribution in [3.63, 3.8) is 0 Å². The number of fused-ring (bicyclic) bond motifs is 4. The van der Waals surface area contributed by atoms with Crippen molar-refractivity contribution in [1.29, 1.82) is 0 Å². The van der Waals surface area contributed by atoms with Gasteiger partial charge in [-0.2, -0.15) is 0 Å². The van der Waals surface area contributed by atoms with Crippen LogP contribution in [0.5, 0.6) is 0 Å². The van der Waals surface area contributed by atoms with Gasteiger partial charge in [0.25, 0.3) is 0 Å². The van der Waals surface area contributed by atoms with Crippen molar-refractivity contribution in [2.45, 2.75) is 57.5 Å². The zero-order chi connectivity index (χ0) is 18.5. The number of aliphatic hydroxyl groups excluding tert-OH is 3. The van der Waals surface area contributed by atoms with E-state index in [-0.39, 0.29) is 12.5 Å². The molecule has 0 spiro atoms. The minimum Gasteiger partial charge on any atom is -0.392 e. The van der Waals surface area contributed by atoms with Gasteiger partial charge < -0.3 is 25.5 Å². The van der Waals surface area contributed by atoms with Gasteiger partial charge in [0.1, 0.15) is 11.2 Å². The Kier molecular flexibility index (Phi) is 3.38. The fourth-order valence-electron chi connectivity index (χ4n) is 5.98. The van der Waals surface area contributed by atoms with E-state index in [9.17, 15) is 25.5 Å².